The lowest BCUT2D eigenvalue weighted by Gasteiger charge is -2.38. The number of carbonyl (C=O) groups is 2. The molecule has 1 saturated heterocycles. The number of anilines is 4. The number of rotatable bonds is 12. The molecule has 42 heavy (non-hydrogen) atoms. The first-order valence-electron chi connectivity index (χ1n) is 14.4. The second kappa shape index (κ2) is 15.0. The summed E-state index contributed by atoms with van der Waals surface area (Å²) < 4.78 is 11.0. The van der Waals surface area contributed by atoms with Gasteiger partial charge in [-0.05, 0) is 88.6 Å². The van der Waals surface area contributed by atoms with Gasteiger partial charge in [0.15, 0.2) is 0 Å². The van der Waals surface area contributed by atoms with Crippen molar-refractivity contribution in [1.82, 2.24) is 10.2 Å². The minimum atomic E-state index is -0.394. The van der Waals surface area contributed by atoms with E-state index in [0.717, 1.165) is 62.0 Å². The first-order valence-corrected chi connectivity index (χ1v) is 14.4. The molecule has 0 spiro atoms. The molecule has 3 N–H and O–H groups in total. The van der Waals surface area contributed by atoms with Crippen molar-refractivity contribution in [1.29, 1.82) is 0 Å². The van der Waals surface area contributed by atoms with E-state index in [2.05, 4.69) is 36.7 Å². The number of amides is 3. The summed E-state index contributed by atoms with van der Waals surface area (Å²) in [5.74, 6) is 1.43. The van der Waals surface area contributed by atoms with Gasteiger partial charge in [-0.25, -0.2) is 4.79 Å². The standard InChI is InChI=1S/C32H42N6O4/c1-5-42-26-14-11-24(12-15-26)34-32(40)35-25-13-16-28(27(23-25)31(39)33-17-8-18-36(2)3)37-19-21-38(22-20-37)29-9-6-7-10-30(29)41-4/h6-7,9-16,23H,5,8,17-22H2,1-4H3,(H,33,39)(H2,34,35,40). The second-order valence-electron chi connectivity index (χ2n) is 10.3. The Labute approximate surface area is 248 Å². The smallest absolute Gasteiger partial charge is 0.323 e. The summed E-state index contributed by atoms with van der Waals surface area (Å²) in [6, 6.07) is 20.3. The van der Waals surface area contributed by atoms with E-state index in [-0.39, 0.29) is 5.91 Å². The Morgan fingerprint density at radius 1 is 0.857 bits per heavy atom. The van der Waals surface area contributed by atoms with E-state index in [4.69, 9.17) is 9.47 Å². The molecular weight excluding hydrogens is 532 g/mol. The molecule has 1 aliphatic rings. The van der Waals surface area contributed by atoms with Crippen molar-refractivity contribution in [2.24, 2.45) is 0 Å². The minimum absolute atomic E-state index is 0.161. The van der Waals surface area contributed by atoms with Crippen LogP contribution in [0.25, 0.3) is 0 Å². The van der Waals surface area contributed by atoms with Crippen molar-refractivity contribution in [2.45, 2.75) is 13.3 Å². The van der Waals surface area contributed by atoms with Gasteiger partial charge < -0.3 is 40.1 Å². The van der Waals surface area contributed by atoms with E-state index >= 15 is 0 Å². The summed E-state index contributed by atoms with van der Waals surface area (Å²) in [5.41, 5.74) is 3.62. The van der Waals surface area contributed by atoms with Crippen LogP contribution in [-0.4, -0.2) is 83.9 Å². The zero-order valence-electron chi connectivity index (χ0n) is 25.0. The molecule has 0 bridgehead atoms. The number of piperazine rings is 1. The average Bonchev–Trinajstić information content (AvgIpc) is 3.00. The van der Waals surface area contributed by atoms with Crippen LogP contribution in [0.3, 0.4) is 0 Å². The molecule has 1 aliphatic heterocycles. The van der Waals surface area contributed by atoms with Gasteiger partial charge in [0.2, 0.25) is 0 Å². The van der Waals surface area contributed by atoms with Gasteiger partial charge in [-0.15, -0.1) is 0 Å². The molecule has 10 heteroatoms. The molecular formula is C32H42N6O4. The van der Waals surface area contributed by atoms with Crippen molar-refractivity contribution in [3.63, 3.8) is 0 Å². The Bertz CT molecular complexity index is 1320. The highest BCUT2D eigenvalue weighted by Crippen LogP contribution is 2.31. The van der Waals surface area contributed by atoms with Crippen molar-refractivity contribution < 1.29 is 19.1 Å². The number of nitrogens with one attached hydrogen (secondary N) is 3. The summed E-state index contributed by atoms with van der Waals surface area (Å²) in [7, 11) is 5.71. The van der Waals surface area contributed by atoms with Crippen LogP contribution in [0.1, 0.15) is 23.7 Å². The molecule has 0 aliphatic carbocycles. The minimum Gasteiger partial charge on any atom is -0.495 e. The molecule has 1 heterocycles. The molecule has 0 saturated carbocycles. The first-order chi connectivity index (χ1) is 20.4. The van der Waals surface area contributed by atoms with Gasteiger partial charge in [0.25, 0.3) is 5.91 Å². The lowest BCUT2D eigenvalue weighted by atomic mass is 10.1. The van der Waals surface area contributed by atoms with E-state index in [1.54, 1.807) is 37.4 Å². The molecule has 3 amide bonds. The maximum Gasteiger partial charge on any atom is 0.323 e. The van der Waals surface area contributed by atoms with Crippen LogP contribution in [0, 0.1) is 0 Å². The largest absolute Gasteiger partial charge is 0.495 e. The van der Waals surface area contributed by atoms with Crippen molar-refractivity contribution in [2.75, 3.05) is 87.5 Å². The van der Waals surface area contributed by atoms with E-state index in [1.807, 2.05) is 51.4 Å². The van der Waals surface area contributed by atoms with Crippen molar-refractivity contribution >= 4 is 34.7 Å². The van der Waals surface area contributed by atoms with Crippen LogP contribution in [0.5, 0.6) is 11.5 Å². The number of hydrogen-bond acceptors (Lipinski definition) is 7. The molecule has 4 rings (SSSR count). The number of hydrogen-bond donors (Lipinski definition) is 3. The van der Waals surface area contributed by atoms with Gasteiger partial charge in [-0.2, -0.15) is 0 Å². The Hall–Kier alpha value is -4.44. The highest BCUT2D eigenvalue weighted by atomic mass is 16.5. The third-order valence-electron chi connectivity index (χ3n) is 7.04. The lowest BCUT2D eigenvalue weighted by Crippen LogP contribution is -2.47. The Balaban J connectivity index is 1.47. The highest BCUT2D eigenvalue weighted by molar-refractivity contribution is 6.04. The predicted molar refractivity (Wildman–Crippen MR) is 170 cm³/mol. The fourth-order valence-corrected chi connectivity index (χ4v) is 4.94. The van der Waals surface area contributed by atoms with Gasteiger partial charge in [0.05, 0.1) is 25.0 Å². The molecule has 0 atom stereocenters. The van der Waals surface area contributed by atoms with E-state index in [9.17, 15) is 9.59 Å². The third-order valence-corrected chi connectivity index (χ3v) is 7.04. The summed E-state index contributed by atoms with van der Waals surface area (Å²) in [4.78, 5) is 32.8. The fourth-order valence-electron chi connectivity index (χ4n) is 4.94. The SMILES string of the molecule is CCOc1ccc(NC(=O)Nc2ccc(N3CCN(c4ccccc4OC)CC3)c(C(=O)NCCCN(C)C)c2)cc1. The van der Waals surface area contributed by atoms with E-state index in [0.29, 0.717) is 30.1 Å². The quantitative estimate of drug-likeness (QED) is 0.269. The summed E-state index contributed by atoms with van der Waals surface area (Å²) in [6.45, 7) is 6.99. The van der Waals surface area contributed by atoms with Gasteiger partial charge >= 0.3 is 6.03 Å². The Morgan fingerprint density at radius 2 is 1.50 bits per heavy atom. The average molecular weight is 575 g/mol. The zero-order chi connectivity index (χ0) is 29.9. The number of para-hydroxylation sites is 2. The van der Waals surface area contributed by atoms with Crippen LogP contribution >= 0.6 is 0 Å². The molecule has 10 nitrogen and oxygen atoms in total. The molecule has 3 aromatic carbocycles. The predicted octanol–water partition coefficient (Wildman–Crippen LogP) is 4.75. The topological polar surface area (TPSA) is 98.4 Å². The number of benzene rings is 3. The molecule has 1 fully saturated rings. The normalized spacial score (nSPS) is 13.1. The Kier molecular flexibility index (Phi) is 10.9. The highest BCUT2D eigenvalue weighted by Gasteiger charge is 2.24. The molecule has 0 aromatic heterocycles. The van der Waals surface area contributed by atoms with Gasteiger partial charge in [0, 0.05) is 49.8 Å². The van der Waals surface area contributed by atoms with Crippen LogP contribution in [0.4, 0.5) is 27.5 Å². The summed E-state index contributed by atoms with van der Waals surface area (Å²) >= 11 is 0. The third kappa shape index (κ3) is 8.29. The van der Waals surface area contributed by atoms with E-state index in [1.165, 1.54) is 0 Å². The summed E-state index contributed by atoms with van der Waals surface area (Å²) in [6.07, 6.45) is 0.841. The number of urea groups is 1. The van der Waals surface area contributed by atoms with Crippen molar-refractivity contribution in [3.8, 4) is 11.5 Å². The van der Waals surface area contributed by atoms with Crippen LogP contribution in [0.2, 0.25) is 0 Å². The van der Waals surface area contributed by atoms with Crippen LogP contribution < -0.4 is 35.2 Å². The van der Waals surface area contributed by atoms with Gasteiger partial charge in [0.1, 0.15) is 11.5 Å². The molecule has 3 aromatic rings. The number of nitrogens with zero attached hydrogens (tertiary/aromatic N) is 3. The number of ether oxygens (including phenoxy) is 2. The monoisotopic (exact) mass is 574 g/mol. The maximum absolute atomic E-state index is 13.4. The van der Waals surface area contributed by atoms with Gasteiger partial charge in [-0.1, -0.05) is 12.1 Å². The van der Waals surface area contributed by atoms with Crippen LogP contribution in [0.15, 0.2) is 66.7 Å². The second-order valence-corrected chi connectivity index (χ2v) is 10.3. The number of carbonyl (C=O) groups excluding carboxylic acids is 2. The van der Waals surface area contributed by atoms with Gasteiger partial charge in [-0.3, -0.25) is 4.79 Å². The molecule has 0 radical (unpaired) electrons. The van der Waals surface area contributed by atoms with E-state index < -0.39 is 6.03 Å². The Morgan fingerprint density at radius 3 is 2.17 bits per heavy atom. The molecule has 0 unspecified atom stereocenters. The van der Waals surface area contributed by atoms with Crippen molar-refractivity contribution in [3.05, 3.63) is 72.3 Å². The van der Waals surface area contributed by atoms with Crippen LogP contribution in [-0.2, 0) is 0 Å². The summed E-state index contributed by atoms with van der Waals surface area (Å²) in [5, 5.41) is 8.76. The lowest BCUT2D eigenvalue weighted by molar-refractivity contribution is 0.0952. The molecule has 224 valence electrons. The maximum atomic E-state index is 13.4. The fraction of sp³-hybridized carbons (Fsp3) is 0.375. The first kappa shape index (κ1) is 30.5. The zero-order valence-corrected chi connectivity index (χ0v) is 25.0. The number of methoxy groups -OCH3 is 1.